The van der Waals surface area contributed by atoms with Crippen molar-refractivity contribution in [2.75, 3.05) is 26.2 Å². The lowest BCUT2D eigenvalue weighted by molar-refractivity contribution is -0.134. The lowest BCUT2D eigenvalue weighted by atomic mass is 9.92. The molecular formula is C22H33N5O2. The van der Waals surface area contributed by atoms with Crippen LogP contribution < -0.4 is 16.2 Å². The number of hydrogen-bond donors (Lipinski definition) is 3. The number of carbonyl (C=O) groups is 2. The summed E-state index contributed by atoms with van der Waals surface area (Å²) in [6.07, 6.45) is 0.789. The Morgan fingerprint density at radius 3 is 2.38 bits per heavy atom. The molecule has 1 aromatic rings. The molecule has 1 aromatic carbocycles. The minimum absolute atomic E-state index is 0.0999. The first-order valence-electron chi connectivity index (χ1n) is 10.3. The van der Waals surface area contributed by atoms with Crippen LogP contribution in [-0.4, -0.2) is 60.0 Å². The van der Waals surface area contributed by atoms with Gasteiger partial charge in [0.15, 0.2) is 0 Å². The average Bonchev–Trinajstić information content (AvgIpc) is 3.13. The van der Waals surface area contributed by atoms with Gasteiger partial charge in [0.05, 0.1) is 5.54 Å². The van der Waals surface area contributed by atoms with Gasteiger partial charge in [-0.3, -0.25) is 10.2 Å². The molecule has 158 valence electrons. The van der Waals surface area contributed by atoms with Crippen LogP contribution in [0.1, 0.15) is 45.2 Å². The third-order valence-electron chi connectivity index (χ3n) is 5.77. The Hall–Kier alpha value is -2.38. The van der Waals surface area contributed by atoms with Gasteiger partial charge >= 0.3 is 6.03 Å². The van der Waals surface area contributed by atoms with E-state index in [0.717, 1.165) is 23.1 Å². The Bertz CT molecular complexity index is 783. The molecule has 0 aliphatic carbocycles. The van der Waals surface area contributed by atoms with Crippen molar-refractivity contribution in [3.8, 4) is 0 Å². The van der Waals surface area contributed by atoms with E-state index in [9.17, 15) is 9.59 Å². The van der Waals surface area contributed by atoms with E-state index in [0.29, 0.717) is 32.2 Å². The molecule has 29 heavy (non-hydrogen) atoms. The second kappa shape index (κ2) is 8.55. The van der Waals surface area contributed by atoms with Gasteiger partial charge in [-0.15, -0.1) is 0 Å². The van der Waals surface area contributed by atoms with Crippen molar-refractivity contribution >= 4 is 17.5 Å². The maximum Gasteiger partial charge on any atom is 0.318 e. The number of allylic oxidation sites excluding steroid dienone is 1. The Labute approximate surface area is 173 Å². The molecule has 2 aliphatic heterocycles. The molecule has 2 fully saturated rings. The molecule has 2 saturated heterocycles. The van der Waals surface area contributed by atoms with E-state index in [2.05, 4.69) is 35.7 Å². The number of urea groups is 1. The highest BCUT2D eigenvalue weighted by Gasteiger charge is 2.33. The lowest BCUT2D eigenvalue weighted by Crippen LogP contribution is -2.57. The van der Waals surface area contributed by atoms with Gasteiger partial charge in [0.2, 0.25) is 5.91 Å². The Morgan fingerprint density at radius 1 is 1.14 bits per heavy atom. The van der Waals surface area contributed by atoms with Crippen LogP contribution in [0.25, 0.3) is 5.57 Å². The summed E-state index contributed by atoms with van der Waals surface area (Å²) in [7, 11) is 0. The van der Waals surface area contributed by atoms with E-state index >= 15 is 0 Å². The fraction of sp³-hybridized carbons (Fsp3) is 0.545. The molecule has 7 nitrogen and oxygen atoms in total. The normalized spacial score (nSPS) is 22.5. The van der Waals surface area contributed by atoms with Gasteiger partial charge in [0.1, 0.15) is 6.04 Å². The Morgan fingerprint density at radius 2 is 1.79 bits per heavy atom. The number of benzene rings is 1. The number of nitrogens with zero attached hydrogens (tertiary/aromatic N) is 2. The highest BCUT2D eigenvalue weighted by molar-refractivity contribution is 5.83. The molecule has 2 unspecified atom stereocenters. The van der Waals surface area contributed by atoms with Gasteiger partial charge < -0.3 is 15.1 Å². The number of piperazine rings is 1. The lowest BCUT2D eigenvalue weighted by Gasteiger charge is -2.38. The topological polar surface area (TPSA) is 76.7 Å². The van der Waals surface area contributed by atoms with Crippen molar-refractivity contribution in [2.24, 2.45) is 0 Å². The third-order valence-corrected chi connectivity index (χ3v) is 5.77. The van der Waals surface area contributed by atoms with Crippen molar-refractivity contribution in [2.45, 2.75) is 51.7 Å². The zero-order valence-corrected chi connectivity index (χ0v) is 17.9. The van der Waals surface area contributed by atoms with Gasteiger partial charge in [-0.25, -0.2) is 10.2 Å². The molecule has 0 spiro atoms. The van der Waals surface area contributed by atoms with Gasteiger partial charge in [0.25, 0.3) is 0 Å². The summed E-state index contributed by atoms with van der Waals surface area (Å²) in [5, 5.41) is 3.14. The van der Waals surface area contributed by atoms with Gasteiger partial charge in [-0.1, -0.05) is 30.4 Å². The molecule has 7 heteroatoms. The van der Waals surface area contributed by atoms with Crippen LogP contribution in [0.2, 0.25) is 0 Å². The van der Waals surface area contributed by atoms with Crippen LogP contribution in [0.15, 0.2) is 30.8 Å². The zero-order chi connectivity index (χ0) is 21.2. The largest absolute Gasteiger partial charge is 0.338 e. The molecule has 0 aromatic heterocycles. The first-order chi connectivity index (χ1) is 13.7. The predicted molar refractivity (Wildman–Crippen MR) is 115 cm³/mol. The number of nitrogens with one attached hydrogen (secondary N) is 3. The minimum Gasteiger partial charge on any atom is -0.338 e. The highest BCUT2D eigenvalue weighted by Crippen LogP contribution is 2.24. The number of hydrazine groups is 1. The van der Waals surface area contributed by atoms with E-state index in [1.807, 2.05) is 43.9 Å². The maximum atomic E-state index is 12.9. The van der Waals surface area contributed by atoms with Crippen molar-refractivity contribution < 1.29 is 9.59 Å². The third kappa shape index (κ3) is 4.97. The molecule has 2 aliphatic rings. The second-order valence-corrected chi connectivity index (χ2v) is 8.71. The minimum atomic E-state index is -0.509. The predicted octanol–water partition coefficient (Wildman–Crippen LogP) is 2.06. The van der Waals surface area contributed by atoms with E-state index in [-0.39, 0.29) is 18.0 Å². The quantitative estimate of drug-likeness (QED) is 0.724. The van der Waals surface area contributed by atoms with Crippen molar-refractivity contribution in [1.82, 2.24) is 26.0 Å². The van der Waals surface area contributed by atoms with Crippen LogP contribution in [-0.2, 0) is 10.3 Å². The molecule has 0 saturated carbocycles. The zero-order valence-electron chi connectivity index (χ0n) is 17.9. The van der Waals surface area contributed by atoms with Crippen molar-refractivity contribution in [3.05, 3.63) is 42.0 Å². The standard InChI is InChI=1S/C22H33N5O2/c1-15(2)17-7-6-8-18(14-17)22(4,5)23-21(29)27-11-9-26(10-12-27)20(28)19-13-16(3)24-25-19/h6-8,14,16,19,24-25H,1,9-13H2,2-5H3,(H,23,29). The molecule has 2 atom stereocenters. The van der Waals surface area contributed by atoms with Crippen LogP contribution in [0.4, 0.5) is 4.79 Å². The van der Waals surface area contributed by atoms with Crippen LogP contribution in [0.3, 0.4) is 0 Å². The van der Waals surface area contributed by atoms with E-state index in [1.54, 1.807) is 4.90 Å². The molecular weight excluding hydrogens is 366 g/mol. The fourth-order valence-corrected chi connectivity index (χ4v) is 3.82. The second-order valence-electron chi connectivity index (χ2n) is 8.71. The van der Waals surface area contributed by atoms with E-state index < -0.39 is 5.54 Å². The van der Waals surface area contributed by atoms with Crippen LogP contribution >= 0.6 is 0 Å². The molecule has 3 amide bonds. The molecule has 3 N–H and O–H groups in total. The molecule has 3 rings (SSSR count). The molecule has 2 heterocycles. The number of hydrogen-bond acceptors (Lipinski definition) is 4. The highest BCUT2D eigenvalue weighted by atomic mass is 16.2. The van der Waals surface area contributed by atoms with Crippen LogP contribution in [0, 0.1) is 0 Å². The fourth-order valence-electron chi connectivity index (χ4n) is 3.82. The maximum absolute atomic E-state index is 12.9. The van der Waals surface area contributed by atoms with E-state index in [1.165, 1.54) is 0 Å². The van der Waals surface area contributed by atoms with Gasteiger partial charge in [0, 0.05) is 32.2 Å². The SMILES string of the molecule is C=C(C)c1cccc(C(C)(C)NC(=O)N2CCN(C(=O)C3CC(C)NN3)CC2)c1. The number of carbonyl (C=O) groups excluding carboxylic acids is 2. The smallest absolute Gasteiger partial charge is 0.318 e. The van der Waals surface area contributed by atoms with Crippen LogP contribution in [0.5, 0.6) is 0 Å². The molecule has 0 bridgehead atoms. The monoisotopic (exact) mass is 399 g/mol. The summed E-state index contributed by atoms with van der Waals surface area (Å²) in [6, 6.07) is 8.12. The van der Waals surface area contributed by atoms with Crippen molar-refractivity contribution in [1.29, 1.82) is 0 Å². The number of rotatable bonds is 4. The summed E-state index contributed by atoms with van der Waals surface area (Å²) >= 11 is 0. The van der Waals surface area contributed by atoms with Gasteiger partial charge in [-0.2, -0.15) is 0 Å². The summed E-state index contributed by atoms with van der Waals surface area (Å²) in [5.41, 5.74) is 8.74. The summed E-state index contributed by atoms with van der Waals surface area (Å²) < 4.78 is 0. The Kier molecular flexibility index (Phi) is 6.29. The first-order valence-corrected chi connectivity index (χ1v) is 10.3. The Balaban J connectivity index is 1.56. The summed E-state index contributed by atoms with van der Waals surface area (Å²) in [4.78, 5) is 29.1. The van der Waals surface area contributed by atoms with Gasteiger partial charge in [-0.05, 0) is 51.3 Å². The van der Waals surface area contributed by atoms with E-state index in [4.69, 9.17) is 0 Å². The first kappa shape index (κ1) is 21.3. The average molecular weight is 400 g/mol. The summed E-state index contributed by atoms with van der Waals surface area (Å²) in [6.45, 7) is 14.2. The summed E-state index contributed by atoms with van der Waals surface area (Å²) in [5.74, 6) is 0.110. The number of amides is 3. The molecule has 0 radical (unpaired) electrons. The van der Waals surface area contributed by atoms with Crippen molar-refractivity contribution in [3.63, 3.8) is 0 Å².